The van der Waals surface area contributed by atoms with Crippen LogP contribution in [0.4, 0.5) is 11.6 Å². The first-order chi connectivity index (χ1) is 7.88. The lowest BCUT2D eigenvalue weighted by Crippen LogP contribution is -2.10. The fourth-order valence-corrected chi connectivity index (χ4v) is 1.22. The van der Waals surface area contributed by atoms with Gasteiger partial charge in [-0.05, 0) is 18.2 Å². The maximum Gasteiger partial charge on any atom is 0.142 e. The number of nitrogens with zero attached hydrogens (tertiary/aromatic N) is 3. The number of hydrogen-bond acceptors (Lipinski definition) is 6. The topological polar surface area (TPSA) is 88.8 Å². The van der Waals surface area contributed by atoms with Crippen LogP contribution in [0, 0.1) is 0 Å². The Bertz CT molecular complexity index is 444. The smallest absolute Gasteiger partial charge is 0.142 e. The summed E-state index contributed by atoms with van der Waals surface area (Å²) in [6, 6.07) is 7.36. The molecule has 0 aliphatic heterocycles. The number of aromatic nitrogens is 3. The number of pyridine rings is 1. The van der Waals surface area contributed by atoms with Crippen molar-refractivity contribution < 1.29 is 0 Å². The van der Waals surface area contributed by atoms with Gasteiger partial charge in [0.1, 0.15) is 18.0 Å². The minimum Gasteiger partial charge on any atom is -0.364 e. The Morgan fingerprint density at radius 3 is 2.81 bits per heavy atom. The molecule has 4 N–H and O–H groups in total. The summed E-state index contributed by atoms with van der Waals surface area (Å²) in [6.45, 7) is 0.601. The van der Waals surface area contributed by atoms with E-state index in [1.165, 1.54) is 6.33 Å². The van der Waals surface area contributed by atoms with Gasteiger partial charge in [-0.2, -0.15) is 0 Å². The first kappa shape index (κ1) is 10.3. The van der Waals surface area contributed by atoms with Crippen molar-refractivity contribution >= 4 is 11.6 Å². The number of hydrogen-bond donors (Lipinski definition) is 3. The van der Waals surface area contributed by atoms with Gasteiger partial charge in [-0.3, -0.25) is 0 Å². The molecular formula is C10H12N6. The molecule has 0 radical (unpaired) electrons. The number of nitrogen functional groups attached to an aromatic ring is 1. The Morgan fingerprint density at radius 2 is 2.06 bits per heavy atom. The molecule has 2 aromatic heterocycles. The Labute approximate surface area is 92.9 Å². The molecule has 0 bridgehead atoms. The lowest BCUT2D eigenvalue weighted by Gasteiger charge is -2.06. The van der Waals surface area contributed by atoms with E-state index in [1.54, 1.807) is 12.3 Å². The van der Waals surface area contributed by atoms with Gasteiger partial charge in [0.2, 0.25) is 0 Å². The summed E-state index contributed by atoms with van der Waals surface area (Å²) in [7, 11) is 0. The van der Waals surface area contributed by atoms with E-state index in [4.69, 9.17) is 5.84 Å². The molecule has 0 aliphatic rings. The summed E-state index contributed by atoms with van der Waals surface area (Å²) in [5.41, 5.74) is 3.39. The van der Waals surface area contributed by atoms with Gasteiger partial charge >= 0.3 is 0 Å². The third kappa shape index (κ3) is 2.64. The molecule has 2 heterocycles. The Balaban J connectivity index is 1.99. The zero-order valence-corrected chi connectivity index (χ0v) is 8.59. The maximum absolute atomic E-state index is 5.27. The highest BCUT2D eigenvalue weighted by atomic mass is 15.3. The van der Waals surface area contributed by atoms with Crippen molar-refractivity contribution in [2.45, 2.75) is 6.54 Å². The Hall–Kier alpha value is -2.21. The van der Waals surface area contributed by atoms with E-state index in [1.807, 2.05) is 18.2 Å². The Morgan fingerprint density at radius 1 is 1.19 bits per heavy atom. The molecule has 6 nitrogen and oxygen atoms in total. The van der Waals surface area contributed by atoms with Crippen LogP contribution in [0.15, 0.2) is 36.8 Å². The van der Waals surface area contributed by atoms with Crippen LogP contribution in [-0.4, -0.2) is 15.0 Å². The Kier molecular flexibility index (Phi) is 3.25. The number of nitrogens with one attached hydrogen (secondary N) is 2. The molecule has 0 aliphatic carbocycles. The predicted molar refractivity (Wildman–Crippen MR) is 61.4 cm³/mol. The standard InChI is InChI=1S/C10H12N6/c11-16-10-3-1-2-9(15-10)13-6-8-4-5-12-7-14-8/h1-5,7H,6,11H2,(H2,13,15,16). The van der Waals surface area contributed by atoms with E-state index in [-0.39, 0.29) is 0 Å². The van der Waals surface area contributed by atoms with Crippen LogP contribution in [-0.2, 0) is 6.54 Å². The highest BCUT2D eigenvalue weighted by molar-refractivity contribution is 5.44. The third-order valence-corrected chi connectivity index (χ3v) is 1.99. The van der Waals surface area contributed by atoms with Crippen molar-refractivity contribution in [3.8, 4) is 0 Å². The highest BCUT2D eigenvalue weighted by Gasteiger charge is 1.96. The van der Waals surface area contributed by atoms with E-state index >= 15 is 0 Å². The second kappa shape index (κ2) is 5.04. The molecule has 0 saturated carbocycles. The predicted octanol–water partition coefficient (Wildman–Crippen LogP) is 0.769. The van der Waals surface area contributed by atoms with Gasteiger partial charge in [0.05, 0.1) is 12.2 Å². The van der Waals surface area contributed by atoms with Crippen molar-refractivity contribution in [1.29, 1.82) is 0 Å². The molecule has 2 rings (SSSR count). The molecule has 0 aromatic carbocycles. The maximum atomic E-state index is 5.27. The zero-order valence-electron chi connectivity index (χ0n) is 8.59. The van der Waals surface area contributed by atoms with Crippen LogP contribution in [0.25, 0.3) is 0 Å². The van der Waals surface area contributed by atoms with Gasteiger partial charge in [-0.25, -0.2) is 20.8 Å². The van der Waals surface area contributed by atoms with Crippen molar-refractivity contribution in [1.82, 2.24) is 15.0 Å². The highest BCUT2D eigenvalue weighted by Crippen LogP contribution is 2.08. The van der Waals surface area contributed by atoms with Crippen LogP contribution in [0.3, 0.4) is 0 Å². The minimum absolute atomic E-state index is 0.601. The van der Waals surface area contributed by atoms with Crippen LogP contribution in [0.1, 0.15) is 5.69 Å². The van der Waals surface area contributed by atoms with Gasteiger partial charge in [0.15, 0.2) is 0 Å². The zero-order chi connectivity index (χ0) is 11.2. The second-order valence-corrected chi connectivity index (χ2v) is 3.11. The normalized spacial score (nSPS) is 9.81. The SMILES string of the molecule is NNc1cccc(NCc2ccncn2)n1. The average molecular weight is 216 g/mol. The summed E-state index contributed by atoms with van der Waals surface area (Å²) in [6.07, 6.45) is 3.22. The van der Waals surface area contributed by atoms with Crippen molar-refractivity contribution in [2.24, 2.45) is 5.84 Å². The van der Waals surface area contributed by atoms with Crippen molar-refractivity contribution in [3.05, 3.63) is 42.5 Å². The van der Waals surface area contributed by atoms with Gasteiger partial charge in [-0.15, -0.1) is 0 Å². The summed E-state index contributed by atoms with van der Waals surface area (Å²) < 4.78 is 0. The largest absolute Gasteiger partial charge is 0.364 e. The molecule has 0 amide bonds. The number of hydrazine groups is 1. The fraction of sp³-hybridized carbons (Fsp3) is 0.100. The number of rotatable bonds is 4. The third-order valence-electron chi connectivity index (χ3n) is 1.99. The average Bonchev–Trinajstić information content (AvgIpc) is 2.38. The molecule has 2 aromatic rings. The number of anilines is 2. The van der Waals surface area contributed by atoms with Crippen LogP contribution in [0.2, 0.25) is 0 Å². The first-order valence-electron chi connectivity index (χ1n) is 4.81. The van der Waals surface area contributed by atoms with Gasteiger partial charge in [-0.1, -0.05) is 6.07 Å². The molecule has 0 fully saturated rings. The second-order valence-electron chi connectivity index (χ2n) is 3.11. The first-order valence-corrected chi connectivity index (χ1v) is 4.81. The fourth-order valence-electron chi connectivity index (χ4n) is 1.22. The van der Waals surface area contributed by atoms with Crippen LogP contribution in [0.5, 0.6) is 0 Å². The van der Waals surface area contributed by atoms with Crippen LogP contribution >= 0.6 is 0 Å². The van der Waals surface area contributed by atoms with Gasteiger partial charge in [0, 0.05) is 6.20 Å². The van der Waals surface area contributed by atoms with E-state index < -0.39 is 0 Å². The van der Waals surface area contributed by atoms with Crippen LogP contribution < -0.4 is 16.6 Å². The van der Waals surface area contributed by atoms with Gasteiger partial charge < -0.3 is 10.7 Å². The summed E-state index contributed by atoms with van der Waals surface area (Å²) >= 11 is 0. The molecule has 16 heavy (non-hydrogen) atoms. The monoisotopic (exact) mass is 216 g/mol. The lowest BCUT2D eigenvalue weighted by molar-refractivity contribution is 0.996. The summed E-state index contributed by atoms with van der Waals surface area (Å²) in [4.78, 5) is 12.2. The van der Waals surface area contributed by atoms with Crippen molar-refractivity contribution in [2.75, 3.05) is 10.7 Å². The molecule has 0 saturated heterocycles. The lowest BCUT2D eigenvalue weighted by atomic mass is 10.4. The van der Waals surface area contributed by atoms with E-state index in [2.05, 4.69) is 25.7 Å². The molecule has 82 valence electrons. The number of nitrogens with two attached hydrogens (primary N) is 1. The summed E-state index contributed by atoms with van der Waals surface area (Å²) in [5.74, 6) is 6.63. The molecule has 0 unspecified atom stereocenters. The van der Waals surface area contributed by atoms with Crippen molar-refractivity contribution in [3.63, 3.8) is 0 Å². The van der Waals surface area contributed by atoms with E-state index in [0.29, 0.717) is 12.4 Å². The quantitative estimate of drug-likeness (QED) is 0.516. The minimum atomic E-state index is 0.601. The molecule has 0 atom stereocenters. The van der Waals surface area contributed by atoms with E-state index in [9.17, 15) is 0 Å². The molecule has 0 spiro atoms. The molecular weight excluding hydrogens is 204 g/mol. The molecule has 6 heteroatoms. The van der Waals surface area contributed by atoms with E-state index in [0.717, 1.165) is 11.5 Å². The summed E-state index contributed by atoms with van der Waals surface area (Å²) in [5, 5.41) is 3.14. The van der Waals surface area contributed by atoms with Gasteiger partial charge in [0.25, 0.3) is 0 Å².